The summed E-state index contributed by atoms with van der Waals surface area (Å²) in [7, 11) is 0. The third-order valence-electron chi connectivity index (χ3n) is 3.85. The Morgan fingerprint density at radius 2 is 2.17 bits per heavy atom. The number of hydrogen-bond donors (Lipinski definition) is 1. The van der Waals surface area contributed by atoms with Crippen molar-refractivity contribution in [1.82, 2.24) is 5.16 Å². The van der Waals surface area contributed by atoms with Crippen LogP contribution >= 0.6 is 15.9 Å². The molecule has 0 bridgehead atoms. The van der Waals surface area contributed by atoms with Crippen molar-refractivity contribution in [1.29, 1.82) is 0 Å². The van der Waals surface area contributed by atoms with Crippen molar-refractivity contribution in [3.8, 4) is 5.75 Å². The minimum atomic E-state index is -0.453. The molecule has 1 aliphatic heterocycles. The Kier molecular flexibility index (Phi) is 5.03. The SMILES string of the molecule is NC(=O)Cc1cc(N2CCC(Oc3cc(F)ccc3Br)CC2)no1. The summed E-state index contributed by atoms with van der Waals surface area (Å²) < 4.78 is 25.1. The lowest BCUT2D eigenvalue weighted by molar-refractivity contribution is -0.117. The van der Waals surface area contributed by atoms with Crippen molar-refractivity contribution in [2.75, 3.05) is 18.0 Å². The number of primary amides is 1. The molecule has 0 radical (unpaired) electrons. The number of ether oxygens (including phenoxy) is 1. The van der Waals surface area contributed by atoms with E-state index in [1.54, 1.807) is 12.1 Å². The van der Waals surface area contributed by atoms with Gasteiger partial charge in [-0.1, -0.05) is 5.16 Å². The quantitative estimate of drug-likeness (QED) is 0.838. The number of piperidine rings is 1. The molecule has 0 aliphatic carbocycles. The summed E-state index contributed by atoms with van der Waals surface area (Å²) in [6, 6.07) is 6.13. The number of carbonyl (C=O) groups excluding carboxylic acids is 1. The first-order valence-corrected chi connectivity index (χ1v) is 8.41. The first kappa shape index (κ1) is 16.8. The van der Waals surface area contributed by atoms with E-state index in [1.165, 1.54) is 12.1 Å². The molecule has 0 saturated carbocycles. The van der Waals surface area contributed by atoms with E-state index in [1.807, 2.05) is 0 Å². The van der Waals surface area contributed by atoms with Gasteiger partial charge >= 0.3 is 0 Å². The van der Waals surface area contributed by atoms with Crippen molar-refractivity contribution in [3.63, 3.8) is 0 Å². The van der Waals surface area contributed by atoms with E-state index >= 15 is 0 Å². The molecular weight excluding hydrogens is 381 g/mol. The summed E-state index contributed by atoms with van der Waals surface area (Å²) in [6.45, 7) is 1.47. The van der Waals surface area contributed by atoms with E-state index in [9.17, 15) is 9.18 Å². The Morgan fingerprint density at radius 1 is 1.42 bits per heavy atom. The number of aromatic nitrogens is 1. The average molecular weight is 398 g/mol. The molecule has 1 saturated heterocycles. The maximum atomic E-state index is 13.3. The van der Waals surface area contributed by atoms with Gasteiger partial charge in [0.25, 0.3) is 0 Å². The van der Waals surface area contributed by atoms with Crippen LogP contribution in [0.4, 0.5) is 10.2 Å². The van der Waals surface area contributed by atoms with Crippen LogP contribution in [0.5, 0.6) is 5.75 Å². The summed E-state index contributed by atoms with van der Waals surface area (Å²) in [4.78, 5) is 13.0. The van der Waals surface area contributed by atoms with Crippen molar-refractivity contribution in [3.05, 3.63) is 40.3 Å². The van der Waals surface area contributed by atoms with Crippen molar-refractivity contribution < 1.29 is 18.4 Å². The molecular formula is C16H17BrFN3O3. The average Bonchev–Trinajstić information content (AvgIpc) is 2.99. The van der Waals surface area contributed by atoms with Gasteiger partial charge in [-0.05, 0) is 28.1 Å². The van der Waals surface area contributed by atoms with Gasteiger partial charge in [-0.3, -0.25) is 4.79 Å². The molecule has 128 valence electrons. The minimum Gasteiger partial charge on any atom is -0.489 e. The molecule has 2 aromatic rings. The first-order chi connectivity index (χ1) is 11.5. The Morgan fingerprint density at radius 3 is 2.88 bits per heavy atom. The van der Waals surface area contributed by atoms with Crippen LogP contribution < -0.4 is 15.4 Å². The minimum absolute atomic E-state index is 0.0105. The van der Waals surface area contributed by atoms with Crippen LogP contribution in [0.3, 0.4) is 0 Å². The van der Waals surface area contributed by atoms with Crippen LogP contribution in [0.25, 0.3) is 0 Å². The van der Waals surface area contributed by atoms with Gasteiger partial charge < -0.3 is 19.9 Å². The first-order valence-electron chi connectivity index (χ1n) is 7.62. The summed E-state index contributed by atoms with van der Waals surface area (Å²) in [6.07, 6.45) is 1.61. The number of carbonyl (C=O) groups is 1. The number of hydrogen-bond acceptors (Lipinski definition) is 5. The third-order valence-corrected chi connectivity index (χ3v) is 4.50. The van der Waals surface area contributed by atoms with E-state index in [-0.39, 0.29) is 18.3 Å². The number of anilines is 1. The molecule has 1 aliphatic rings. The van der Waals surface area contributed by atoms with Gasteiger partial charge in [0.1, 0.15) is 23.4 Å². The topological polar surface area (TPSA) is 81.6 Å². The van der Waals surface area contributed by atoms with E-state index in [0.29, 0.717) is 17.3 Å². The van der Waals surface area contributed by atoms with E-state index < -0.39 is 5.91 Å². The molecule has 24 heavy (non-hydrogen) atoms. The van der Waals surface area contributed by atoms with E-state index in [4.69, 9.17) is 15.0 Å². The standard InChI is InChI=1S/C16H17BrFN3O3/c17-13-2-1-10(18)7-14(13)23-11-3-5-21(6-4-11)16-9-12(24-20-16)8-15(19)22/h1-2,7,9,11H,3-6,8H2,(H2,19,22). The van der Waals surface area contributed by atoms with Crippen LogP contribution in [-0.2, 0) is 11.2 Å². The predicted molar refractivity (Wildman–Crippen MR) is 89.4 cm³/mol. The fourth-order valence-electron chi connectivity index (χ4n) is 2.66. The van der Waals surface area contributed by atoms with Gasteiger partial charge in [0.2, 0.25) is 5.91 Å². The molecule has 1 aromatic heterocycles. The predicted octanol–water partition coefficient (Wildman–Crippen LogP) is 2.65. The Bertz CT molecular complexity index is 729. The zero-order valence-corrected chi connectivity index (χ0v) is 14.5. The van der Waals surface area contributed by atoms with Gasteiger partial charge in [0.05, 0.1) is 10.9 Å². The number of benzene rings is 1. The lowest BCUT2D eigenvalue weighted by atomic mass is 10.1. The molecule has 6 nitrogen and oxygen atoms in total. The van der Waals surface area contributed by atoms with Gasteiger partial charge in [-0.2, -0.15) is 0 Å². The van der Waals surface area contributed by atoms with E-state index in [2.05, 4.69) is 26.0 Å². The smallest absolute Gasteiger partial charge is 0.225 e. The molecule has 8 heteroatoms. The normalized spacial score (nSPS) is 15.5. The molecule has 2 heterocycles. The molecule has 1 aromatic carbocycles. The molecule has 1 amide bonds. The maximum absolute atomic E-state index is 13.3. The van der Waals surface area contributed by atoms with Crippen molar-refractivity contribution >= 4 is 27.7 Å². The molecule has 0 atom stereocenters. The van der Waals surface area contributed by atoms with Crippen LogP contribution in [0.1, 0.15) is 18.6 Å². The summed E-state index contributed by atoms with van der Waals surface area (Å²) in [5.74, 6) is 0.885. The Hall–Kier alpha value is -2.09. The lowest BCUT2D eigenvalue weighted by Gasteiger charge is -2.32. The van der Waals surface area contributed by atoms with Gasteiger partial charge in [-0.25, -0.2) is 4.39 Å². The Balaban J connectivity index is 1.56. The highest BCUT2D eigenvalue weighted by Crippen LogP contribution is 2.29. The van der Waals surface area contributed by atoms with Gasteiger partial charge in [-0.15, -0.1) is 0 Å². The van der Waals surface area contributed by atoms with E-state index in [0.717, 1.165) is 30.4 Å². The molecule has 0 spiro atoms. The zero-order chi connectivity index (χ0) is 17.1. The maximum Gasteiger partial charge on any atom is 0.225 e. The highest BCUT2D eigenvalue weighted by atomic mass is 79.9. The molecule has 2 N–H and O–H groups in total. The van der Waals surface area contributed by atoms with Crippen LogP contribution in [0.2, 0.25) is 0 Å². The number of halogens is 2. The largest absolute Gasteiger partial charge is 0.489 e. The van der Waals surface area contributed by atoms with Crippen LogP contribution in [0, 0.1) is 5.82 Å². The second kappa shape index (κ2) is 7.21. The third kappa shape index (κ3) is 4.05. The number of amides is 1. The lowest BCUT2D eigenvalue weighted by Crippen LogP contribution is -2.38. The number of nitrogens with two attached hydrogens (primary N) is 1. The van der Waals surface area contributed by atoms with Gasteiger partial charge in [0, 0.05) is 38.1 Å². The van der Waals surface area contributed by atoms with Crippen molar-refractivity contribution in [2.24, 2.45) is 5.73 Å². The fraction of sp³-hybridized carbons (Fsp3) is 0.375. The summed E-state index contributed by atoms with van der Waals surface area (Å²) >= 11 is 3.37. The number of rotatable bonds is 5. The van der Waals surface area contributed by atoms with Crippen LogP contribution in [-0.4, -0.2) is 30.3 Å². The molecule has 0 unspecified atom stereocenters. The van der Waals surface area contributed by atoms with Crippen LogP contribution in [0.15, 0.2) is 33.3 Å². The molecule has 3 rings (SSSR count). The van der Waals surface area contributed by atoms with Crippen molar-refractivity contribution in [2.45, 2.75) is 25.4 Å². The second-order valence-electron chi connectivity index (χ2n) is 5.67. The second-order valence-corrected chi connectivity index (χ2v) is 6.53. The Labute approximate surface area is 146 Å². The fourth-order valence-corrected chi connectivity index (χ4v) is 3.00. The highest BCUT2D eigenvalue weighted by molar-refractivity contribution is 9.10. The summed E-state index contributed by atoms with van der Waals surface area (Å²) in [5.41, 5.74) is 5.14. The monoisotopic (exact) mass is 397 g/mol. The highest BCUT2D eigenvalue weighted by Gasteiger charge is 2.23. The zero-order valence-electron chi connectivity index (χ0n) is 12.9. The molecule has 1 fully saturated rings. The summed E-state index contributed by atoms with van der Waals surface area (Å²) in [5, 5.41) is 3.97. The number of nitrogens with zero attached hydrogens (tertiary/aromatic N) is 2. The van der Waals surface area contributed by atoms with Gasteiger partial charge in [0.15, 0.2) is 5.82 Å².